The third kappa shape index (κ3) is 4.58. The SMILES string of the molecule is CCCNC(COC1COC1)c1ccc(CCC)cc1. The van der Waals surface area contributed by atoms with Crippen molar-refractivity contribution in [2.24, 2.45) is 0 Å². The van der Waals surface area contributed by atoms with Crippen LogP contribution in [0.4, 0.5) is 0 Å². The Kier molecular flexibility index (Phi) is 6.51. The maximum absolute atomic E-state index is 5.88. The van der Waals surface area contributed by atoms with Gasteiger partial charge in [0.1, 0.15) is 6.10 Å². The average Bonchev–Trinajstić information content (AvgIpc) is 2.42. The number of rotatable bonds is 9. The molecule has 3 heteroatoms. The van der Waals surface area contributed by atoms with Crippen LogP contribution in [0.2, 0.25) is 0 Å². The van der Waals surface area contributed by atoms with Crippen LogP contribution in [0.15, 0.2) is 24.3 Å². The van der Waals surface area contributed by atoms with Crippen molar-refractivity contribution in [1.82, 2.24) is 5.32 Å². The third-order valence-corrected chi connectivity index (χ3v) is 3.67. The topological polar surface area (TPSA) is 30.5 Å². The van der Waals surface area contributed by atoms with Crippen molar-refractivity contribution in [3.05, 3.63) is 35.4 Å². The summed E-state index contributed by atoms with van der Waals surface area (Å²) >= 11 is 0. The summed E-state index contributed by atoms with van der Waals surface area (Å²) in [7, 11) is 0. The molecular formula is C17H27NO2. The second-order valence-electron chi connectivity index (χ2n) is 5.49. The van der Waals surface area contributed by atoms with Gasteiger partial charge in [0.2, 0.25) is 0 Å². The Morgan fingerprint density at radius 3 is 2.50 bits per heavy atom. The average molecular weight is 277 g/mol. The van der Waals surface area contributed by atoms with Gasteiger partial charge in [-0.3, -0.25) is 0 Å². The van der Waals surface area contributed by atoms with Crippen molar-refractivity contribution >= 4 is 0 Å². The Labute approximate surface area is 122 Å². The number of hydrogen-bond acceptors (Lipinski definition) is 3. The van der Waals surface area contributed by atoms with Gasteiger partial charge < -0.3 is 14.8 Å². The van der Waals surface area contributed by atoms with E-state index in [1.54, 1.807) is 0 Å². The first-order valence-electron chi connectivity index (χ1n) is 7.85. The van der Waals surface area contributed by atoms with E-state index < -0.39 is 0 Å². The molecule has 1 aliphatic heterocycles. The largest absolute Gasteiger partial charge is 0.376 e. The Hall–Kier alpha value is -0.900. The second-order valence-corrected chi connectivity index (χ2v) is 5.49. The van der Waals surface area contributed by atoms with Gasteiger partial charge in [-0.1, -0.05) is 44.5 Å². The van der Waals surface area contributed by atoms with Crippen LogP contribution in [0.5, 0.6) is 0 Å². The fraction of sp³-hybridized carbons (Fsp3) is 0.647. The predicted octanol–water partition coefficient (Wildman–Crippen LogP) is 3.10. The molecule has 0 aliphatic carbocycles. The van der Waals surface area contributed by atoms with Crippen LogP contribution in [0.3, 0.4) is 0 Å². The van der Waals surface area contributed by atoms with Crippen LogP contribution in [0, 0.1) is 0 Å². The molecule has 1 aliphatic rings. The van der Waals surface area contributed by atoms with Crippen molar-refractivity contribution in [3.8, 4) is 0 Å². The Balaban J connectivity index is 1.92. The van der Waals surface area contributed by atoms with E-state index in [0.717, 1.165) is 39.2 Å². The zero-order valence-corrected chi connectivity index (χ0v) is 12.7. The number of nitrogens with one attached hydrogen (secondary N) is 1. The van der Waals surface area contributed by atoms with Gasteiger partial charge in [0.05, 0.1) is 25.9 Å². The molecule has 0 radical (unpaired) electrons. The van der Waals surface area contributed by atoms with Gasteiger partial charge >= 0.3 is 0 Å². The van der Waals surface area contributed by atoms with Crippen molar-refractivity contribution in [3.63, 3.8) is 0 Å². The van der Waals surface area contributed by atoms with Crippen LogP contribution in [-0.2, 0) is 15.9 Å². The minimum absolute atomic E-state index is 0.284. The van der Waals surface area contributed by atoms with E-state index in [2.05, 4.69) is 43.4 Å². The molecule has 3 nitrogen and oxygen atoms in total. The van der Waals surface area contributed by atoms with Gasteiger partial charge in [-0.05, 0) is 30.5 Å². The highest BCUT2D eigenvalue weighted by Crippen LogP contribution is 2.17. The van der Waals surface area contributed by atoms with Gasteiger partial charge in [0.25, 0.3) is 0 Å². The molecule has 0 spiro atoms. The molecule has 0 amide bonds. The smallest absolute Gasteiger partial charge is 0.104 e. The van der Waals surface area contributed by atoms with Gasteiger partial charge in [0.15, 0.2) is 0 Å². The van der Waals surface area contributed by atoms with Gasteiger partial charge in [0, 0.05) is 0 Å². The van der Waals surface area contributed by atoms with E-state index in [-0.39, 0.29) is 6.04 Å². The van der Waals surface area contributed by atoms with E-state index in [9.17, 15) is 0 Å². The van der Waals surface area contributed by atoms with E-state index in [0.29, 0.717) is 6.10 Å². The van der Waals surface area contributed by atoms with E-state index in [4.69, 9.17) is 9.47 Å². The predicted molar refractivity (Wildman–Crippen MR) is 82.0 cm³/mol. The van der Waals surface area contributed by atoms with E-state index in [1.807, 2.05) is 0 Å². The minimum Gasteiger partial charge on any atom is -0.376 e. The second kappa shape index (κ2) is 8.40. The third-order valence-electron chi connectivity index (χ3n) is 3.67. The summed E-state index contributed by atoms with van der Waals surface area (Å²) in [5, 5.41) is 3.57. The molecule has 112 valence electrons. The quantitative estimate of drug-likeness (QED) is 0.752. The van der Waals surface area contributed by atoms with Crippen molar-refractivity contribution < 1.29 is 9.47 Å². The van der Waals surface area contributed by atoms with Crippen LogP contribution in [-0.4, -0.2) is 32.5 Å². The lowest BCUT2D eigenvalue weighted by Crippen LogP contribution is -2.38. The highest BCUT2D eigenvalue weighted by molar-refractivity contribution is 5.25. The summed E-state index contributed by atoms with van der Waals surface area (Å²) in [4.78, 5) is 0. The molecule has 20 heavy (non-hydrogen) atoms. The zero-order chi connectivity index (χ0) is 14.2. The van der Waals surface area contributed by atoms with Crippen LogP contribution in [0.1, 0.15) is 43.9 Å². The van der Waals surface area contributed by atoms with Crippen molar-refractivity contribution in [1.29, 1.82) is 0 Å². The first kappa shape index (κ1) is 15.5. The molecule has 1 N–H and O–H groups in total. The minimum atomic E-state index is 0.284. The van der Waals surface area contributed by atoms with Gasteiger partial charge in [-0.15, -0.1) is 0 Å². The normalized spacial score (nSPS) is 16.9. The molecule has 1 aromatic rings. The number of ether oxygens (including phenoxy) is 2. The Morgan fingerprint density at radius 2 is 1.95 bits per heavy atom. The lowest BCUT2D eigenvalue weighted by Gasteiger charge is -2.28. The maximum Gasteiger partial charge on any atom is 0.104 e. The molecule has 1 aromatic carbocycles. The maximum atomic E-state index is 5.88. The van der Waals surface area contributed by atoms with Gasteiger partial charge in [-0.25, -0.2) is 0 Å². The van der Waals surface area contributed by atoms with E-state index in [1.165, 1.54) is 17.5 Å². The molecule has 2 rings (SSSR count). The first-order chi connectivity index (χ1) is 9.83. The Morgan fingerprint density at radius 1 is 1.20 bits per heavy atom. The summed E-state index contributed by atoms with van der Waals surface area (Å²) in [6.07, 6.45) is 3.78. The fourth-order valence-electron chi connectivity index (χ4n) is 2.34. The van der Waals surface area contributed by atoms with Crippen LogP contribution < -0.4 is 5.32 Å². The molecule has 0 aromatic heterocycles. The molecule has 0 bridgehead atoms. The molecule has 1 saturated heterocycles. The first-order valence-corrected chi connectivity index (χ1v) is 7.85. The highest BCUT2D eigenvalue weighted by Gasteiger charge is 2.21. The monoisotopic (exact) mass is 277 g/mol. The fourth-order valence-corrected chi connectivity index (χ4v) is 2.34. The lowest BCUT2D eigenvalue weighted by atomic mass is 10.0. The standard InChI is InChI=1S/C17H27NO2/c1-3-5-14-6-8-15(9-7-14)17(18-10-4-2)13-20-16-11-19-12-16/h6-9,16-18H,3-5,10-13H2,1-2H3. The van der Waals surface area contributed by atoms with Crippen molar-refractivity contribution in [2.45, 2.75) is 45.3 Å². The van der Waals surface area contributed by atoms with E-state index >= 15 is 0 Å². The lowest BCUT2D eigenvalue weighted by molar-refractivity contribution is -0.133. The summed E-state index contributed by atoms with van der Waals surface area (Å²) in [6.45, 7) is 7.64. The summed E-state index contributed by atoms with van der Waals surface area (Å²) in [5.74, 6) is 0. The number of aryl methyl sites for hydroxylation is 1. The molecule has 1 atom stereocenters. The summed E-state index contributed by atoms with van der Waals surface area (Å²) in [5.41, 5.74) is 2.73. The highest BCUT2D eigenvalue weighted by atomic mass is 16.6. The molecular weight excluding hydrogens is 250 g/mol. The van der Waals surface area contributed by atoms with Crippen LogP contribution in [0.25, 0.3) is 0 Å². The molecule has 0 saturated carbocycles. The molecule has 1 unspecified atom stereocenters. The van der Waals surface area contributed by atoms with Crippen molar-refractivity contribution in [2.75, 3.05) is 26.4 Å². The van der Waals surface area contributed by atoms with Crippen LogP contribution >= 0.6 is 0 Å². The number of hydrogen-bond donors (Lipinski definition) is 1. The Bertz CT molecular complexity index is 373. The van der Waals surface area contributed by atoms with Gasteiger partial charge in [-0.2, -0.15) is 0 Å². The molecule has 1 heterocycles. The summed E-state index contributed by atoms with van der Waals surface area (Å²) in [6, 6.07) is 9.24. The zero-order valence-electron chi connectivity index (χ0n) is 12.7. The molecule has 1 fully saturated rings. The number of benzene rings is 1. The summed E-state index contributed by atoms with van der Waals surface area (Å²) < 4.78 is 11.0.